The highest BCUT2D eigenvalue weighted by Crippen LogP contribution is 2.21. The third kappa shape index (κ3) is 5.94. The van der Waals surface area contributed by atoms with Gasteiger partial charge in [-0.2, -0.15) is 4.31 Å². The van der Waals surface area contributed by atoms with Crippen molar-refractivity contribution >= 4 is 21.8 Å². The van der Waals surface area contributed by atoms with Crippen molar-refractivity contribution in [1.82, 2.24) is 14.1 Å². The van der Waals surface area contributed by atoms with E-state index in [2.05, 4.69) is 0 Å². The van der Waals surface area contributed by atoms with E-state index in [9.17, 15) is 18.0 Å². The lowest BCUT2D eigenvalue weighted by molar-refractivity contribution is -0.146. The number of nitrogens with zero attached hydrogens (tertiary/aromatic N) is 3. The molecule has 3 saturated heterocycles. The number of piperazine rings is 1. The molecule has 1 atom stereocenters. The lowest BCUT2D eigenvalue weighted by atomic mass is 10.1. The minimum absolute atomic E-state index is 0.0508. The highest BCUT2D eigenvalue weighted by Gasteiger charge is 2.31. The van der Waals surface area contributed by atoms with Gasteiger partial charge in [0.2, 0.25) is 15.9 Å². The maximum atomic E-state index is 12.9. The molecule has 2 amide bonds. The number of benzene rings is 1. The van der Waals surface area contributed by atoms with Crippen molar-refractivity contribution in [3.63, 3.8) is 0 Å². The van der Waals surface area contributed by atoms with Crippen molar-refractivity contribution in [2.45, 2.75) is 62.4 Å². The van der Waals surface area contributed by atoms with Crippen molar-refractivity contribution in [3.05, 3.63) is 29.8 Å². The van der Waals surface area contributed by atoms with Gasteiger partial charge in [0.1, 0.15) is 6.10 Å². The van der Waals surface area contributed by atoms with Crippen molar-refractivity contribution in [2.75, 3.05) is 45.9 Å². The predicted molar refractivity (Wildman–Crippen MR) is 124 cm³/mol. The lowest BCUT2D eigenvalue weighted by Gasteiger charge is -2.35. The van der Waals surface area contributed by atoms with Crippen LogP contribution in [0.2, 0.25) is 0 Å². The zero-order valence-electron chi connectivity index (χ0n) is 19.3. The molecule has 1 unspecified atom stereocenters. The molecule has 3 fully saturated rings. The molecule has 0 radical (unpaired) electrons. The zero-order chi connectivity index (χ0) is 23.3. The molecular weight excluding hydrogens is 442 g/mol. The van der Waals surface area contributed by atoms with Gasteiger partial charge in [-0.1, -0.05) is 25.0 Å². The third-order valence-corrected chi connectivity index (χ3v) is 8.82. The van der Waals surface area contributed by atoms with Crippen LogP contribution in [0.3, 0.4) is 0 Å². The molecule has 9 heteroatoms. The molecule has 3 heterocycles. The topological polar surface area (TPSA) is 87.2 Å². The van der Waals surface area contributed by atoms with E-state index in [-0.39, 0.29) is 17.9 Å². The average Bonchev–Trinajstić information content (AvgIpc) is 3.24. The van der Waals surface area contributed by atoms with Crippen LogP contribution in [0.1, 0.15) is 50.5 Å². The first-order valence-corrected chi connectivity index (χ1v) is 13.7. The van der Waals surface area contributed by atoms with Crippen molar-refractivity contribution < 1.29 is 22.7 Å². The molecule has 0 aromatic heterocycles. The number of amides is 2. The summed E-state index contributed by atoms with van der Waals surface area (Å²) < 4.78 is 32.9. The fraction of sp³-hybridized carbons (Fsp3) is 0.667. The van der Waals surface area contributed by atoms with E-state index in [1.807, 2.05) is 21.9 Å². The first-order chi connectivity index (χ1) is 15.9. The van der Waals surface area contributed by atoms with Gasteiger partial charge in [0.05, 0.1) is 4.90 Å². The molecule has 182 valence electrons. The minimum Gasteiger partial charge on any atom is -0.368 e. The first kappa shape index (κ1) is 24.2. The summed E-state index contributed by atoms with van der Waals surface area (Å²) in [5.74, 6) is 0.121. The smallest absolute Gasteiger partial charge is 0.251 e. The summed E-state index contributed by atoms with van der Waals surface area (Å²) in [6.45, 7) is 4.02. The number of sulfonamides is 1. The monoisotopic (exact) mass is 477 g/mol. The molecule has 0 bridgehead atoms. The average molecular weight is 478 g/mol. The van der Waals surface area contributed by atoms with Gasteiger partial charge >= 0.3 is 0 Å². The van der Waals surface area contributed by atoms with Crippen LogP contribution in [0, 0.1) is 0 Å². The summed E-state index contributed by atoms with van der Waals surface area (Å²) in [6.07, 6.45) is 6.34. The Balaban J connectivity index is 1.24. The van der Waals surface area contributed by atoms with Crippen molar-refractivity contribution in [1.29, 1.82) is 0 Å². The van der Waals surface area contributed by atoms with E-state index in [1.54, 1.807) is 16.4 Å². The van der Waals surface area contributed by atoms with Crippen LogP contribution in [0.5, 0.6) is 0 Å². The standard InChI is InChI=1S/C24H35N3O5S/c28-23(25-15-17-26(18-16-25)24(29)22-6-5-19-32-22)12-9-20-7-10-21(11-8-20)33(30,31)27-13-3-1-2-4-14-27/h7-8,10-11,22H,1-6,9,12-19H2. The van der Waals surface area contributed by atoms with Gasteiger partial charge in [-0.3, -0.25) is 9.59 Å². The Bertz CT molecular complexity index is 912. The van der Waals surface area contributed by atoms with Gasteiger partial charge in [-0.05, 0) is 49.8 Å². The Morgan fingerprint density at radius 1 is 0.848 bits per heavy atom. The molecule has 0 aliphatic carbocycles. The van der Waals surface area contributed by atoms with Gasteiger partial charge in [0.25, 0.3) is 5.91 Å². The Kier molecular flexibility index (Phi) is 8.03. The van der Waals surface area contributed by atoms with Crippen molar-refractivity contribution in [3.8, 4) is 0 Å². The third-order valence-electron chi connectivity index (χ3n) is 6.90. The number of hydrogen-bond donors (Lipinski definition) is 0. The Hall–Kier alpha value is -1.97. The summed E-state index contributed by atoms with van der Waals surface area (Å²) >= 11 is 0. The maximum absolute atomic E-state index is 12.9. The summed E-state index contributed by atoms with van der Waals surface area (Å²) in [7, 11) is -3.45. The van der Waals surface area contributed by atoms with E-state index in [0.29, 0.717) is 63.6 Å². The molecule has 3 aliphatic rings. The van der Waals surface area contributed by atoms with Crippen LogP contribution in [0.15, 0.2) is 29.2 Å². The fourth-order valence-corrected chi connectivity index (χ4v) is 6.34. The Labute approximate surface area is 196 Å². The minimum atomic E-state index is -3.45. The van der Waals surface area contributed by atoms with E-state index < -0.39 is 10.0 Å². The van der Waals surface area contributed by atoms with Crippen LogP contribution < -0.4 is 0 Å². The van der Waals surface area contributed by atoms with Crippen LogP contribution in [-0.2, 0) is 30.8 Å². The molecule has 8 nitrogen and oxygen atoms in total. The maximum Gasteiger partial charge on any atom is 0.251 e. The number of rotatable bonds is 6. The second-order valence-electron chi connectivity index (χ2n) is 9.17. The summed E-state index contributed by atoms with van der Waals surface area (Å²) in [6, 6.07) is 6.96. The SMILES string of the molecule is O=C(CCc1ccc(S(=O)(=O)N2CCCCCC2)cc1)N1CCN(C(=O)C2CCCO2)CC1. The number of carbonyl (C=O) groups is 2. The largest absolute Gasteiger partial charge is 0.368 e. The van der Waals surface area contributed by atoms with Gasteiger partial charge in [0.15, 0.2) is 0 Å². The van der Waals surface area contributed by atoms with Crippen LogP contribution in [0.4, 0.5) is 0 Å². The molecule has 4 rings (SSSR count). The highest BCUT2D eigenvalue weighted by atomic mass is 32.2. The van der Waals surface area contributed by atoms with Gasteiger partial charge in [-0.25, -0.2) is 8.42 Å². The molecule has 1 aromatic carbocycles. The zero-order valence-corrected chi connectivity index (χ0v) is 20.1. The number of carbonyl (C=O) groups excluding carboxylic acids is 2. The number of ether oxygens (including phenoxy) is 1. The Morgan fingerprint density at radius 3 is 2.09 bits per heavy atom. The highest BCUT2D eigenvalue weighted by molar-refractivity contribution is 7.89. The summed E-state index contributed by atoms with van der Waals surface area (Å²) in [4.78, 5) is 29.1. The number of aryl methyl sites for hydroxylation is 1. The van der Waals surface area contributed by atoms with Crippen LogP contribution in [-0.4, -0.2) is 86.3 Å². The molecule has 0 saturated carbocycles. The van der Waals surface area contributed by atoms with Gasteiger partial charge in [-0.15, -0.1) is 0 Å². The van der Waals surface area contributed by atoms with Crippen LogP contribution in [0.25, 0.3) is 0 Å². The second-order valence-corrected chi connectivity index (χ2v) is 11.1. The number of hydrogen-bond acceptors (Lipinski definition) is 5. The molecule has 0 N–H and O–H groups in total. The van der Waals surface area contributed by atoms with Crippen LogP contribution >= 0.6 is 0 Å². The van der Waals surface area contributed by atoms with E-state index >= 15 is 0 Å². The molecule has 3 aliphatic heterocycles. The van der Waals surface area contributed by atoms with Gasteiger partial charge < -0.3 is 14.5 Å². The molecule has 33 heavy (non-hydrogen) atoms. The summed E-state index contributed by atoms with van der Waals surface area (Å²) in [5.41, 5.74) is 0.949. The molecule has 1 aromatic rings. The fourth-order valence-electron chi connectivity index (χ4n) is 4.82. The molecular formula is C24H35N3O5S. The second kappa shape index (κ2) is 11.0. The Morgan fingerprint density at radius 2 is 1.48 bits per heavy atom. The first-order valence-electron chi connectivity index (χ1n) is 12.2. The van der Waals surface area contributed by atoms with Crippen molar-refractivity contribution in [2.24, 2.45) is 0 Å². The normalized spacial score (nSPS) is 22.8. The van der Waals surface area contributed by atoms with E-state index in [0.717, 1.165) is 44.1 Å². The molecule has 0 spiro atoms. The summed E-state index contributed by atoms with van der Waals surface area (Å²) in [5, 5.41) is 0. The predicted octanol–water partition coefficient (Wildman–Crippen LogP) is 2.03. The van der Waals surface area contributed by atoms with E-state index in [4.69, 9.17) is 4.74 Å². The van der Waals surface area contributed by atoms with Gasteiger partial charge in [0, 0.05) is 52.3 Å². The van der Waals surface area contributed by atoms with E-state index in [1.165, 1.54) is 0 Å². The lowest BCUT2D eigenvalue weighted by Crippen LogP contribution is -2.52. The quantitative estimate of drug-likeness (QED) is 0.626.